The van der Waals surface area contributed by atoms with Gasteiger partial charge in [0.1, 0.15) is 0 Å². The van der Waals surface area contributed by atoms with Gasteiger partial charge < -0.3 is 24.9 Å². The molecule has 3 aromatic rings. The zero-order valence-electron chi connectivity index (χ0n) is 17.5. The van der Waals surface area contributed by atoms with Gasteiger partial charge in [-0.3, -0.25) is 4.79 Å². The number of alkyl halides is 2. The van der Waals surface area contributed by atoms with E-state index in [0.717, 1.165) is 18.4 Å². The summed E-state index contributed by atoms with van der Waals surface area (Å²) in [6.07, 6.45) is 2.08. The van der Waals surface area contributed by atoms with E-state index in [2.05, 4.69) is 15.0 Å². The van der Waals surface area contributed by atoms with E-state index in [1.54, 1.807) is 18.2 Å². The number of nitrogens with zero attached hydrogens (tertiary/aromatic N) is 1. The van der Waals surface area contributed by atoms with Gasteiger partial charge in [0.05, 0.1) is 13.2 Å². The van der Waals surface area contributed by atoms with Crippen molar-refractivity contribution in [2.45, 2.75) is 32.5 Å². The van der Waals surface area contributed by atoms with Gasteiger partial charge in [-0.2, -0.15) is 8.78 Å². The number of amides is 1. The maximum absolute atomic E-state index is 12.8. The largest absolute Gasteiger partial charge is 0.489 e. The first-order valence-electron chi connectivity index (χ1n) is 10.4. The third-order valence-corrected chi connectivity index (χ3v) is 5.44. The topological polar surface area (TPSA) is 99.6 Å². The van der Waals surface area contributed by atoms with Crippen LogP contribution >= 0.6 is 11.6 Å². The van der Waals surface area contributed by atoms with E-state index in [0.29, 0.717) is 23.1 Å². The molecule has 1 aliphatic carbocycles. The maximum atomic E-state index is 12.8. The molecule has 1 heterocycles. The van der Waals surface area contributed by atoms with Gasteiger partial charge in [-0.15, -0.1) is 0 Å². The number of rotatable bonds is 10. The van der Waals surface area contributed by atoms with Crippen molar-refractivity contribution in [3.05, 3.63) is 64.5 Å². The SMILES string of the molecule is NCc1oc(-c2ccc(OC(F)F)c(OCC3CC3)c2)nc1C(=O)NCc1ccccc1Cl. The fourth-order valence-electron chi connectivity index (χ4n) is 3.13. The highest BCUT2D eigenvalue weighted by molar-refractivity contribution is 6.31. The van der Waals surface area contributed by atoms with Crippen molar-refractivity contribution < 1.29 is 27.5 Å². The molecule has 0 bridgehead atoms. The zero-order valence-corrected chi connectivity index (χ0v) is 18.3. The van der Waals surface area contributed by atoms with Gasteiger partial charge >= 0.3 is 6.61 Å². The van der Waals surface area contributed by atoms with Crippen LogP contribution in [0.15, 0.2) is 46.9 Å². The summed E-state index contributed by atoms with van der Waals surface area (Å²) in [5, 5.41) is 3.28. The van der Waals surface area contributed by atoms with Crippen LogP contribution in [0.25, 0.3) is 11.5 Å². The smallest absolute Gasteiger partial charge is 0.387 e. The lowest BCUT2D eigenvalue weighted by Crippen LogP contribution is -2.24. The van der Waals surface area contributed by atoms with Gasteiger partial charge in [0, 0.05) is 17.1 Å². The molecular formula is C23H22ClF2N3O4. The van der Waals surface area contributed by atoms with Gasteiger partial charge in [-0.1, -0.05) is 29.8 Å². The third kappa shape index (κ3) is 5.80. The Morgan fingerprint density at radius 2 is 2.03 bits per heavy atom. The Balaban J connectivity index is 1.55. The molecule has 0 atom stereocenters. The summed E-state index contributed by atoms with van der Waals surface area (Å²) < 4.78 is 41.5. The van der Waals surface area contributed by atoms with Crippen LogP contribution in [0.3, 0.4) is 0 Å². The second kappa shape index (κ2) is 10.2. The number of aromatic nitrogens is 1. The number of nitrogens with two attached hydrogens (primary N) is 1. The quantitative estimate of drug-likeness (QED) is 0.436. The molecule has 3 N–H and O–H groups in total. The summed E-state index contributed by atoms with van der Waals surface area (Å²) in [5.41, 5.74) is 6.96. The molecule has 1 amide bonds. The van der Waals surface area contributed by atoms with Gasteiger partial charge in [0.25, 0.3) is 5.91 Å². The number of carbonyl (C=O) groups excluding carboxylic acids is 1. The van der Waals surface area contributed by atoms with Crippen molar-refractivity contribution in [3.8, 4) is 23.0 Å². The molecule has 2 aromatic carbocycles. The Hall–Kier alpha value is -3.17. The fraction of sp³-hybridized carbons (Fsp3) is 0.304. The second-order valence-electron chi connectivity index (χ2n) is 7.56. The Kier molecular flexibility index (Phi) is 7.10. The summed E-state index contributed by atoms with van der Waals surface area (Å²) in [5.74, 6) is 0.295. The molecule has 0 unspecified atom stereocenters. The van der Waals surface area contributed by atoms with E-state index in [1.165, 1.54) is 18.2 Å². The van der Waals surface area contributed by atoms with Crippen LogP contribution in [0.1, 0.15) is 34.7 Å². The number of carbonyl (C=O) groups is 1. The molecule has 174 valence electrons. The molecule has 33 heavy (non-hydrogen) atoms. The Bertz CT molecular complexity index is 1130. The predicted octanol–water partition coefficient (Wildman–Crippen LogP) is 4.77. The van der Waals surface area contributed by atoms with Crippen LogP contribution in [-0.4, -0.2) is 24.1 Å². The monoisotopic (exact) mass is 477 g/mol. The highest BCUT2D eigenvalue weighted by Crippen LogP contribution is 2.36. The lowest BCUT2D eigenvalue weighted by Gasteiger charge is -2.12. The number of halogens is 3. The number of hydrogen-bond donors (Lipinski definition) is 2. The van der Waals surface area contributed by atoms with Crippen LogP contribution < -0.4 is 20.5 Å². The molecule has 1 saturated carbocycles. The normalized spacial score (nSPS) is 13.2. The molecule has 4 rings (SSSR count). The average molecular weight is 478 g/mol. The number of oxazole rings is 1. The van der Waals surface area contributed by atoms with Crippen molar-refractivity contribution in [1.82, 2.24) is 10.3 Å². The van der Waals surface area contributed by atoms with Crippen LogP contribution in [0.2, 0.25) is 5.02 Å². The molecule has 7 nitrogen and oxygen atoms in total. The molecule has 1 aliphatic rings. The number of hydrogen-bond acceptors (Lipinski definition) is 6. The first-order chi connectivity index (χ1) is 15.9. The molecule has 0 radical (unpaired) electrons. The van der Waals surface area contributed by atoms with Gasteiger partial charge in [-0.05, 0) is 48.6 Å². The summed E-state index contributed by atoms with van der Waals surface area (Å²) in [6, 6.07) is 11.5. The second-order valence-corrected chi connectivity index (χ2v) is 7.97. The lowest BCUT2D eigenvalue weighted by molar-refractivity contribution is -0.0515. The minimum Gasteiger partial charge on any atom is -0.489 e. The summed E-state index contributed by atoms with van der Waals surface area (Å²) in [7, 11) is 0. The highest BCUT2D eigenvalue weighted by atomic mass is 35.5. The van der Waals surface area contributed by atoms with Crippen molar-refractivity contribution in [2.24, 2.45) is 11.7 Å². The highest BCUT2D eigenvalue weighted by Gasteiger charge is 2.24. The van der Waals surface area contributed by atoms with E-state index in [9.17, 15) is 13.6 Å². The standard InChI is InChI=1S/C23H22ClF2N3O4/c24-16-4-2-1-3-15(16)11-28-21(30)20-19(10-27)32-22(29-20)14-7-8-17(33-23(25)26)18(9-14)31-12-13-5-6-13/h1-4,7-9,13,23H,5-6,10-12,27H2,(H,28,30). The Morgan fingerprint density at radius 3 is 2.73 bits per heavy atom. The van der Waals surface area contributed by atoms with Crippen molar-refractivity contribution in [2.75, 3.05) is 6.61 Å². The third-order valence-electron chi connectivity index (χ3n) is 5.07. The van der Waals surface area contributed by atoms with Crippen molar-refractivity contribution in [3.63, 3.8) is 0 Å². The van der Waals surface area contributed by atoms with E-state index in [4.69, 9.17) is 26.5 Å². The van der Waals surface area contributed by atoms with E-state index in [-0.39, 0.29) is 41.9 Å². The van der Waals surface area contributed by atoms with Gasteiger partial charge in [-0.25, -0.2) is 4.98 Å². The molecule has 0 saturated heterocycles. The first-order valence-corrected chi connectivity index (χ1v) is 10.8. The summed E-state index contributed by atoms with van der Waals surface area (Å²) in [6.45, 7) is -2.44. The zero-order chi connectivity index (χ0) is 23.4. The average Bonchev–Trinajstić information content (AvgIpc) is 3.53. The summed E-state index contributed by atoms with van der Waals surface area (Å²) >= 11 is 6.13. The number of ether oxygens (including phenoxy) is 2. The molecule has 0 aliphatic heterocycles. The Labute approximate surface area is 193 Å². The van der Waals surface area contributed by atoms with E-state index in [1.807, 2.05) is 6.07 Å². The predicted molar refractivity (Wildman–Crippen MR) is 117 cm³/mol. The lowest BCUT2D eigenvalue weighted by atomic mass is 10.2. The Morgan fingerprint density at radius 1 is 1.24 bits per heavy atom. The number of benzene rings is 2. The first kappa shape index (κ1) is 23.0. The maximum Gasteiger partial charge on any atom is 0.387 e. The minimum absolute atomic E-state index is 0.0351. The molecular weight excluding hydrogens is 456 g/mol. The van der Waals surface area contributed by atoms with Crippen LogP contribution in [0, 0.1) is 5.92 Å². The van der Waals surface area contributed by atoms with Crippen molar-refractivity contribution in [1.29, 1.82) is 0 Å². The fourth-order valence-corrected chi connectivity index (χ4v) is 3.33. The van der Waals surface area contributed by atoms with Gasteiger partial charge in [0.2, 0.25) is 5.89 Å². The van der Waals surface area contributed by atoms with Gasteiger partial charge in [0.15, 0.2) is 23.0 Å². The minimum atomic E-state index is -2.99. The van der Waals surface area contributed by atoms with Crippen LogP contribution in [0.5, 0.6) is 11.5 Å². The van der Waals surface area contributed by atoms with Crippen LogP contribution in [-0.2, 0) is 13.1 Å². The molecule has 1 aromatic heterocycles. The summed E-state index contributed by atoms with van der Waals surface area (Å²) in [4.78, 5) is 17.0. The van der Waals surface area contributed by atoms with Crippen molar-refractivity contribution >= 4 is 17.5 Å². The van der Waals surface area contributed by atoms with E-state index >= 15 is 0 Å². The van der Waals surface area contributed by atoms with Crippen LogP contribution in [0.4, 0.5) is 8.78 Å². The number of nitrogens with one attached hydrogen (secondary N) is 1. The molecule has 10 heteroatoms. The molecule has 1 fully saturated rings. The molecule has 0 spiro atoms. The van der Waals surface area contributed by atoms with E-state index < -0.39 is 12.5 Å².